The highest BCUT2D eigenvalue weighted by Gasteiger charge is 2.32. The predicted molar refractivity (Wildman–Crippen MR) is 83.2 cm³/mol. The van der Waals surface area contributed by atoms with E-state index in [9.17, 15) is 14.7 Å². The van der Waals surface area contributed by atoms with Crippen molar-refractivity contribution >= 4 is 11.9 Å². The average molecular weight is 327 g/mol. The number of hydrogen-bond acceptors (Lipinski definition) is 6. The second-order valence-corrected chi connectivity index (χ2v) is 5.39. The van der Waals surface area contributed by atoms with Crippen LogP contribution in [0.2, 0.25) is 0 Å². The summed E-state index contributed by atoms with van der Waals surface area (Å²) in [6, 6.07) is 0. The summed E-state index contributed by atoms with van der Waals surface area (Å²) in [5.74, 6) is -0.0404. The quantitative estimate of drug-likeness (QED) is 0.508. The van der Waals surface area contributed by atoms with Gasteiger partial charge in [0.15, 0.2) is 0 Å². The van der Waals surface area contributed by atoms with Crippen LogP contribution in [-0.4, -0.2) is 30.7 Å². The molecule has 0 fully saturated rings. The van der Waals surface area contributed by atoms with Crippen LogP contribution in [0, 0.1) is 0 Å². The SMILES string of the molecule is CCc1nc2c(n1C(=O)O)CC(C)c1c-2ncc(N=[N+]=[N-])nc1=O. The lowest BCUT2D eigenvalue weighted by Crippen LogP contribution is -2.22. The van der Waals surface area contributed by atoms with Gasteiger partial charge in [-0.05, 0) is 23.0 Å². The van der Waals surface area contributed by atoms with E-state index in [1.54, 1.807) is 13.8 Å². The number of fused-ring (bicyclic) bond motifs is 3. The molecule has 1 N–H and O–H groups in total. The zero-order valence-corrected chi connectivity index (χ0v) is 13.0. The molecular formula is C14H13N7O3. The molecule has 0 saturated heterocycles. The highest BCUT2D eigenvalue weighted by molar-refractivity contribution is 5.76. The van der Waals surface area contributed by atoms with E-state index in [4.69, 9.17) is 5.53 Å². The van der Waals surface area contributed by atoms with E-state index in [0.29, 0.717) is 35.6 Å². The summed E-state index contributed by atoms with van der Waals surface area (Å²) < 4.78 is 1.15. The molecule has 2 aromatic heterocycles. The first-order valence-electron chi connectivity index (χ1n) is 7.28. The standard InChI is InChI=1S/C14H13N7O3/c1-3-9-18-11-7(21(9)14(23)24)4-6(2)10-12(11)16-5-8(19-20-15)17-13(10)22/h5-6H,3-4H2,1-2H3,(H,23,24). The Bertz CT molecular complexity index is 960. The molecule has 0 bridgehead atoms. The Morgan fingerprint density at radius 3 is 2.88 bits per heavy atom. The maximum Gasteiger partial charge on any atom is 0.417 e. The molecule has 0 aliphatic heterocycles. The van der Waals surface area contributed by atoms with Crippen molar-refractivity contribution in [1.82, 2.24) is 19.5 Å². The highest BCUT2D eigenvalue weighted by Crippen LogP contribution is 2.36. The summed E-state index contributed by atoms with van der Waals surface area (Å²) in [5.41, 5.74) is 9.46. The first-order valence-corrected chi connectivity index (χ1v) is 7.28. The van der Waals surface area contributed by atoms with Crippen molar-refractivity contribution in [3.63, 3.8) is 0 Å². The fourth-order valence-corrected chi connectivity index (χ4v) is 2.95. The van der Waals surface area contributed by atoms with Crippen molar-refractivity contribution in [2.75, 3.05) is 0 Å². The molecule has 0 radical (unpaired) electrons. The summed E-state index contributed by atoms with van der Waals surface area (Å²) in [7, 11) is 0. The maximum atomic E-state index is 12.4. The molecule has 10 heteroatoms. The number of nitrogens with zero attached hydrogens (tertiary/aromatic N) is 7. The molecule has 24 heavy (non-hydrogen) atoms. The second kappa shape index (κ2) is 5.74. The van der Waals surface area contributed by atoms with Crippen LogP contribution in [0.3, 0.4) is 0 Å². The van der Waals surface area contributed by atoms with Crippen molar-refractivity contribution in [1.29, 1.82) is 0 Å². The van der Waals surface area contributed by atoms with Crippen LogP contribution in [0.4, 0.5) is 10.6 Å². The first-order chi connectivity index (χ1) is 11.5. The maximum absolute atomic E-state index is 12.4. The molecule has 0 aromatic carbocycles. The predicted octanol–water partition coefficient (Wildman–Crippen LogP) is 2.39. The monoisotopic (exact) mass is 327 g/mol. The van der Waals surface area contributed by atoms with Crippen LogP contribution in [0.5, 0.6) is 0 Å². The van der Waals surface area contributed by atoms with Crippen LogP contribution >= 0.6 is 0 Å². The van der Waals surface area contributed by atoms with Gasteiger partial charge in [0.05, 0.1) is 23.1 Å². The molecular weight excluding hydrogens is 314 g/mol. The van der Waals surface area contributed by atoms with Gasteiger partial charge in [-0.25, -0.2) is 19.3 Å². The fourth-order valence-electron chi connectivity index (χ4n) is 2.95. The van der Waals surface area contributed by atoms with Gasteiger partial charge in [0, 0.05) is 11.3 Å². The van der Waals surface area contributed by atoms with Gasteiger partial charge in [0.2, 0.25) is 0 Å². The Morgan fingerprint density at radius 1 is 1.50 bits per heavy atom. The molecule has 122 valence electrons. The van der Waals surface area contributed by atoms with Crippen molar-refractivity contribution in [3.8, 4) is 11.4 Å². The van der Waals surface area contributed by atoms with Crippen LogP contribution in [0.1, 0.15) is 36.8 Å². The minimum atomic E-state index is -1.12. The molecule has 2 heterocycles. The van der Waals surface area contributed by atoms with Crippen LogP contribution in [0.15, 0.2) is 16.1 Å². The lowest BCUT2D eigenvalue weighted by atomic mass is 9.88. The van der Waals surface area contributed by atoms with Crippen LogP contribution in [0.25, 0.3) is 21.8 Å². The van der Waals surface area contributed by atoms with Crippen molar-refractivity contribution in [3.05, 3.63) is 44.1 Å². The smallest absolute Gasteiger partial charge is 0.417 e. The van der Waals surface area contributed by atoms with E-state index in [1.165, 1.54) is 6.20 Å². The number of azide groups is 1. The number of aromatic nitrogens is 4. The number of rotatable bonds is 2. The molecule has 0 amide bonds. The molecule has 2 aromatic rings. The number of imidazole rings is 1. The Labute approximate surface area is 135 Å². The third-order valence-electron chi connectivity index (χ3n) is 3.92. The molecule has 1 unspecified atom stereocenters. The minimum absolute atomic E-state index is 0.140. The summed E-state index contributed by atoms with van der Waals surface area (Å²) in [6.45, 7) is 3.60. The summed E-state index contributed by atoms with van der Waals surface area (Å²) in [6.07, 6.45) is 0.828. The van der Waals surface area contributed by atoms with Gasteiger partial charge in [0.25, 0.3) is 5.56 Å². The van der Waals surface area contributed by atoms with Crippen LogP contribution in [-0.2, 0) is 12.8 Å². The fraction of sp³-hybridized carbons (Fsp3) is 0.357. The largest absolute Gasteiger partial charge is 0.464 e. The Balaban J connectivity index is 2.37. The molecule has 0 saturated carbocycles. The number of carboxylic acid groups (broad SMARTS) is 1. The second-order valence-electron chi connectivity index (χ2n) is 5.39. The molecule has 1 aliphatic rings. The molecule has 0 spiro atoms. The van der Waals surface area contributed by atoms with Crippen LogP contribution < -0.4 is 5.56 Å². The van der Waals surface area contributed by atoms with E-state index in [0.717, 1.165) is 4.57 Å². The van der Waals surface area contributed by atoms with Gasteiger partial charge in [-0.1, -0.05) is 13.8 Å². The van der Waals surface area contributed by atoms with Gasteiger partial charge < -0.3 is 5.11 Å². The third-order valence-corrected chi connectivity index (χ3v) is 3.92. The van der Waals surface area contributed by atoms with E-state index < -0.39 is 11.7 Å². The highest BCUT2D eigenvalue weighted by atomic mass is 16.4. The summed E-state index contributed by atoms with van der Waals surface area (Å²) >= 11 is 0. The lowest BCUT2D eigenvalue weighted by Gasteiger charge is -2.19. The average Bonchev–Trinajstić information content (AvgIpc) is 2.81. The van der Waals surface area contributed by atoms with Gasteiger partial charge in [-0.15, -0.1) is 0 Å². The van der Waals surface area contributed by atoms with Gasteiger partial charge in [-0.2, -0.15) is 0 Å². The van der Waals surface area contributed by atoms with E-state index in [-0.39, 0.29) is 17.4 Å². The van der Waals surface area contributed by atoms with Gasteiger partial charge >= 0.3 is 6.09 Å². The van der Waals surface area contributed by atoms with Gasteiger partial charge in [-0.3, -0.25) is 9.78 Å². The Kier molecular flexibility index (Phi) is 3.74. The first kappa shape index (κ1) is 15.6. The number of carbonyl (C=O) groups is 1. The van der Waals surface area contributed by atoms with E-state index >= 15 is 0 Å². The summed E-state index contributed by atoms with van der Waals surface area (Å²) in [5, 5.41) is 12.8. The van der Waals surface area contributed by atoms with Crippen molar-refractivity contribution < 1.29 is 9.90 Å². The van der Waals surface area contributed by atoms with E-state index in [1.807, 2.05) is 0 Å². The number of hydrogen-bond donors (Lipinski definition) is 1. The molecule has 1 aliphatic carbocycles. The van der Waals surface area contributed by atoms with Gasteiger partial charge in [0.1, 0.15) is 17.3 Å². The zero-order valence-electron chi connectivity index (χ0n) is 13.0. The molecule has 10 nitrogen and oxygen atoms in total. The zero-order chi connectivity index (χ0) is 17.4. The molecule has 3 rings (SSSR count). The lowest BCUT2D eigenvalue weighted by molar-refractivity contribution is 0.194. The van der Waals surface area contributed by atoms with E-state index in [2.05, 4.69) is 25.0 Å². The Morgan fingerprint density at radius 2 is 2.25 bits per heavy atom. The normalized spacial score (nSPS) is 15.2. The van der Waals surface area contributed by atoms with Crippen molar-refractivity contribution in [2.45, 2.75) is 32.6 Å². The minimum Gasteiger partial charge on any atom is -0.464 e. The number of aryl methyl sites for hydroxylation is 1. The topological polar surface area (TPSA) is 147 Å². The Hall–Kier alpha value is -3.26. The third kappa shape index (κ3) is 2.29. The summed E-state index contributed by atoms with van der Waals surface area (Å²) in [4.78, 5) is 38.9. The molecule has 1 atom stereocenters. The van der Waals surface area contributed by atoms with Crippen molar-refractivity contribution in [2.24, 2.45) is 5.11 Å².